The van der Waals surface area contributed by atoms with Gasteiger partial charge in [-0.1, -0.05) is 0 Å². The van der Waals surface area contributed by atoms with Crippen LogP contribution in [0.2, 0.25) is 0 Å². The van der Waals surface area contributed by atoms with Gasteiger partial charge in [0.25, 0.3) is 0 Å². The van der Waals surface area contributed by atoms with Crippen LogP contribution in [0.3, 0.4) is 0 Å². The van der Waals surface area contributed by atoms with E-state index in [4.69, 9.17) is 5.11 Å². The lowest BCUT2D eigenvalue weighted by atomic mass is 10.3. The molecule has 0 saturated carbocycles. The van der Waals surface area contributed by atoms with Crippen LogP contribution in [-0.4, -0.2) is 47.7 Å². The number of carboxylic acid groups (broad SMARTS) is 1. The number of aromatic nitrogens is 4. The van der Waals surface area contributed by atoms with Crippen molar-refractivity contribution in [2.45, 2.75) is 11.3 Å². The molecule has 2 heterocycles. The number of aromatic amines is 1. The smallest absolute Gasteiger partial charge is 0.478 e. The summed E-state index contributed by atoms with van der Waals surface area (Å²) in [6.07, 6.45) is -1.44. The average Bonchev–Trinajstić information content (AvgIpc) is 3.10. The Labute approximate surface area is 139 Å². The lowest BCUT2D eigenvalue weighted by molar-refractivity contribution is -0.275. The second kappa shape index (κ2) is 5.88. The molecule has 1 atom stereocenters. The minimum atomic E-state index is -4.95. The van der Waals surface area contributed by atoms with Gasteiger partial charge in [-0.25, -0.2) is 14.5 Å². The third kappa shape index (κ3) is 3.47. The van der Waals surface area contributed by atoms with Crippen molar-refractivity contribution in [3.63, 3.8) is 0 Å². The fourth-order valence-electron chi connectivity index (χ4n) is 2.09. The molecule has 0 amide bonds. The van der Waals surface area contributed by atoms with E-state index >= 15 is 0 Å². The maximum absolute atomic E-state index is 12.5. The van der Waals surface area contributed by atoms with Gasteiger partial charge in [0.05, 0.1) is 38.5 Å². The van der Waals surface area contributed by atoms with Crippen LogP contribution in [0.4, 0.5) is 13.2 Å². The molecule has 2 aromatic heterocycles. The first-order valence-electron chi connectivity index (χ1n) is 6.55. The number of fused-ring (bicyclic) bond motifs is 1. The number of benzene rings is 1. The van der Waals surface area contributed by atoms with E-state index in [1.807, 2.05) is 0 Å². The minimum Gasteiger partial charge on any atom is -0.478 e. The zero-order valence-electron chi connectivity index (χ0n) is 12.4. The SMILES string of the molecule is CS(=O)c1cc2[nH]c(-n3cc(C(=O)O)cn3)nc2cc1OC(F)(F)F. The number of H-pyrrole nitrogens is 1. The number of halogens is 3. The Balaban J connectivity index is 2.10. The molecular weight excluding hydrogens is 365 g/mol. The molecule has 8 nitrogen and oxygen atoms in total. The maximum atomic E-state index is 12.5. The topological polar surface area (TPSA) is 110 Å². The molecule has 3 aromatic rings. The number of nitrogens with one attached hydrogen (secondary N) is 1. The molecule has 0 aliphatic rings. The molecule has 0 saturated heterocycles. The van der Waals surface area contributed by atoms with Crippen LogP contribution < -0.4 is 4.74 Å². The Morgan fingerprint density at radius 1 is 1.40 bits per heavy atom. The molecule has 1 unspecified atom stereocenters. The van der Waals surface area contributed by atoms with Gasteiger partial charge in [-0.2, -0.15) is 5.10 Å². The third-order valence-corrected chi connectivity index (χ3v) is 4.06. The number of aromatic carboxylic acids is 1. The van der Waals surface area contributed by atoms with Crippen molar-refractivity contribution in [1.29, 1.82) is 0 Å². The first-order chi connectivity index (χ1) is 11.6. The Kier molecular flexibility index (Phi) is 3.99. The Morgan fingerprint density at radius 3 is 2.68 bits per heavy atom. The fraction of sp³-hybridized carbons (Fsp3) is 0.154. The van der Waals surface area contributed by atoms with E-state index in [0.29, 0.717) is 5.52 Å². The molecule has 2 N–H and O–H groups in total. The molecule has 25 heavy (non-hydrogen) atoms. The molecule has 1 aromatic carbocycles. The second-order valence-electron chi connectivity index (χ2n) is 4.86. The summed E-state index contributed by atoms with van der Waals surface area (Å²) < 4.78 is 54.3. The van der Waals surface area contributed by atoms with E-state index in [2.05, 4.69) is 19.8 Å². The summed E-state index contributed by atoms with van der Waals surface area (Å²) in [7, 11) is -1.74. The summed E-state index contributed by atoms with van der Waals surface area (Å²) in [6, 6.07) is 2.23. The normalized spacial score (nSPS) is 13.1. The first kappa shape index (κ1) is 17.0. The van der Waals surface area contributed by atoms with E-state index in [1.165, 1.54) is 18.5 Å². The van der Waals surface area contributed by atoms with Gasteiger partial charge in [0.15, 0.2) is 0 Å². The van der Waals surface area contributed by atoms with Gasteiger partial charge in [0.1, 0.15) is 5.75 Å². The van der Waals surface area contributed by atoms with Crippen LogP contribution in [0.1, 0.15) is 10.4 Å². The van der Waals surface area contributed by atoms with Gasteiger partial charge < -0.3 is 14.8 Å². The first-order valence-corrected chi connectivity index (χ1v) is 8.11. The second-order valence-corrected chi connectivity index (χ2v) is 6.21. The van der Waals surface area contributed by atoms with Crippen LogP contribution in [0.25, 0.3) is 17.0 Å². The van der Waals surface area contributed by atoms with Gasteiger partial charge in [-0.3, -0.25) is 4.21 Å². The highest BCUT2D eigenvalue weighted by atomic mass is 32.2. The largest absolute Gasteiger partial charge is 0.573 e. The van der Waals surface area contributed by atoms with E-state index in [1.54, 1.807) is 0 Å². The summed E-state index contributed by atoms with van der Waals surface area (Å²) in [5, 5.41) is 12.7. The Hall–Kier alpha value is -2.89. The quantitative estimate of drug-likeness (QED) is 0.724. The fourth-order valence-corrected chi connectivity index (χ4v) is 2.76. The zero-order chi connectivity index (χ0) is 18.4. The van der Waals surface area contributed by atoms with Crippen LogP contribution in [0.5, 0.6) is 5.75 Å². The maximum Gasteiger partial charge on any atom is 0.573 e. The van der Waals surface area contributed by atoms with Crippen molar-refractivity contribution in [2.75, 3.05) is 6.26 Å². The molecule has 132 valence electrons. The van der Waals surface area contributed by atoms with Crippen molar-refractivity contribution in [2.24, 2.45) is 0 Å². The van der Waals surface area contributed by atoms with Gasteiger partial charge >= 0.3 is 12.3 Å². The minimum absolute atomic E-state index is 0.0829. The highest BCUT2D eigenvalue weighted by Gasteiger charge is 2.33. The highest BCUT2D eigenvalue weighted by molar-refractivity contribution is 7.84. The van der Waals surface area contributed by atoms with Gasteiger partial charge in [0, 0.05) is 18.5 Å². The number of rotatable bonds is 4. The molecule has 12 heteroatoms. The summed E-state index contributed by atoms with van der Waals surface area (Å²) in [6.45, 7) is 0. The number of carboxylic acids is 1. The molecule has 0 fully saturated rings. The van der Waals surface area contributed by atoms with E-state index in [0.717, 1.165) is 16.9 Å². The standard InChI is InChI=1S/C13H9F3N4O4S/c1-25(23)10-3-8-7(2-9(10)24-13(14,15)16)18-12(19-8)20-5-6(4-17-20)11(21)22/h2-5H,1H3,(H,18,19)(H,21,22). The van der Waals surface area contributed by atoms with Crippen LogP contribution in [0.15, 0.2) is 29.4 Å². The number of alkyl halides is 3. The van der Waals surface area contributed by atoms with E-state index in [-0.39, 0.29) is 21.9 Å². The number of nitrogens with zero attached hydrogens (tertiary/aromatic N) is 3. The lowest BCUT2D eigenvalue weighted by Crippen LogP contribution is -2.18. The van der Waals surface area contributed by atoms with E-state index < -0.39 is 28.9 Å². The summed E-state index contributed by atoms with van der Waals surface area (Å²) in [5.41, 5.74) is 0.315. The summed E-state index contributed by atoms with van der Waals surface area (Å²) in [4.78, 5) is 17.5. The van der Waals surface area contributed by atoms with Crippen molar-refractivity contribution in [3.8, 4) is 11.7 Å². The van der Waals surface area contributed by atoms with Crippen molar-refractivity contribution < 1.29 is 32.0 Å². The predicted octanol–water partition coefficient (Wildman–Crippen LogP) is 2.08. The molecule has 3 rings (SSSR count). The van der Waals surface area contributed by atoms with Gasteiger partial charge in [0.2, 0.25) is 5.95 Å². The van der Waals surface area contributed by atoms with Crippen molar-refractivity contribution >= 4 is 27.8 Å². The number of ether oxygens (including phenoxy) is 1. The molecule has 0 bridgehead atoms. The number of carbonyl (C=O) groups is 1. The Morgan fingerprint density at radius 2 is 2.12 bits per heavy atom. The van der Waals surface area contributed by atoms with Gasteiger partial charge in [-0.05, 0) is 6.07 Å². The summed E-state index contributed by atoms with van der Waals surface area (Å²) >= 11 is 0. The van der Waals surface area contributed by atoms with Crippen LogP contribution in [0, 0.1) is 0 Å². The summed E-state index contributed by atoms with van der Waals surface area (Å²) in [5.74, 6) is -1.73. The third-order valence-electron chi connectivity index (χ3n) is 3.12. The molecule has 0 radical (unpaired) electrons. The lowest BCUT2D eigenvalue weighted by Gasteiger charge is -2.11. The monoisotopic (exact) mass is 374 g/mol. The average molecular weight is 374 g/mol. The highest BCUT2D eigenvalue weighted by Crippen LogP contribution is 2.32. The number of hydrogen-bond acceptors (Lipinski definition) is 5. The van der Waals surface area contributed by atoms with Crippen LogP contribution >= 0.6 is 0 Å². The van der Waals surface area contributed by atoms with Crippen LogP contribution in [-0.2, 0) is 10.8 Å². The number of hydrogen-bond donors (Lipinski definition) is 2. The molecule has 0 aliphatic carbocycles. The molecular formula is C13H9F3N4O4S. The zero-order valence-corrected chi connectivity index (χ0v) is 13.2. The number of imidazole rings is 1. The molecule has 0 spiro atoms. The van der Waals surface area contributed by atoms with Gasteiger partial charge in [-0.15, -0.1) is 13.2 Å². The van der Waals surface area contributed by atoms with Crippen molar-refractivity contribution in [3.05, 3.63) is 30.1 Å². The van der Waals surface area contributed by atoms with Crippen molar-refractivity contribution in [1.82, 2.24) is 19.7 Å². The van der Waals surface area contributed by atoms with E-state index in [9.17, 15) is 22.2 Å². The molecule has 0 aliphatic heterocycles. The Bertz CT molecular complexity index is 995. The predicted molar refractivity (Wildman–Crippen MR) is 79.2 cm³/mol.